The standard InChI is InChI=1S/C15H31N3O/c1-5-6-7-11-16-14(19)13(2)17-12-15(18(3)4)9-8-10-15/h13,17H,5-12H2,1-4H3,(H,16,19). The summed E-state index contributed by atoms with van der Waals surface area (Å²) in [6, 6.07) is -0.0981. The number of amides is 1. The quantitative estimate of drug-likeness (QED) is 0.627. The van der Waals surface area contributed by atoms with Gasteiger partial charge in [-0.3, -0.25) is 4.79 Å². The van der Waals surface area contributed by atoms with Crippen molar-refractivity contribution >= 4 is 5.91 Å². The van der Waals surface area contributed by atoms with E-state index in [1.165, 1.54) is 32.1 Å². The van der Waals surface area contributed by atoms with Gasteiger partial charge in [-0.05, 0) is 46.7 Å². The molecule has 0 aromatic carbocycles. The van der Waals surface area contributed by atoms with Gasteiger partial charge in [-0.1, -0.05) is 19.8 Å². The number of hydrogen-bond acceptors (Lipinski definition) is 3. The second-order valence-corrected chi connectivity index (χ2v) is 6.07. The van der Waals surface area contributed by atoms with E-state index in [9.17, 15) is 4.79 Å². The zero-order valence-corrected chi connectivity index (χ0v) is 13.1. The first-order chi connectivity index (χ1) is 9.02. The van der Waals surface area contributed by atoms with Crippen LogP contribution in [0.3, 0.4) is 0 Å². The molecule has 1 fully saturated rings. The Balaban J connectivity index is 2.22. The molecule has 2 N–H and O–H groups in total. The Kier molecular flexibility index (Phi) is 6.80. The molecule has 1 saturated carbocycles. The van der Waals surface area contributed by atoms with E-state index in [0.717, 1.165) is 19.5 Å². The Labute approximate surface area is 118 Å². The van der Waals surface area contributed by atoms with Crippen LogP contribution >= 0.6 is 0 Å². The van der Waals surface area contributed by atoms with Gasteiger partial charge >= 0.3 is 0 Å². The summed E-state index contributed by atoms with van der Waals surface area (Å²) in [5.41, 5.74) is 0.275. The van der Waals surface area contributed by atoms with Crippen LogP contribution in [0.2, 0.25) is 0 Å². The molecule has 0 bridgehead atoms. The fourth-order valence-electron chi connectivity index (χ4n) is 2.54. The average Bonchev–Trinajstić information content (AvgIpc) is 2.32. The highest BCUT2D eigenvalue weighted by molar-refractivity contribution is 5.81. The molecule has 19 heavy (non-hydrogen) atoms. The smallest absolute Gasteiger partial charge is 0.236 e. The molecule has 0 saturated heterocycles. The van der Waals surface area contributed by atoms with Crippen molar-refractivity contribution in [1.82, 2.24) is 15.5 Å². The molecule has 1 aliphatic rings. The van der Waals surface area contributed by atoms with Crippen LogP contribution in [-0.2, 0) is 4.79 Å². The van der Waals surface area contributed by atoms with Gasteiger partial charge in [0.15, 0.2) is 0 Å². The summed E-state index contributed by atoms with van der Waals surface area (Å²) >= 11 is 0. The highest BCUT2D eigenvalue weighted by Gasteiger charge is 2.39. The van der Waals surface area contributed by atoms with Gasteiger partial charge in [0.25, 0.3) is 0 Å². The van der Waals surface area contributed by atoms with Gasteiger partial charge in [-0.15, -0.1) is 0 Å². The maximum atomic E-state index is 11.9. The number of carbonyl (C=O) groups is 1. The Morgan fingerprint density at radius 3 is 2.47 bits per heavy atom. The lowest BCUT2D eigenvalue weighted by atomic mass is 9.75. The van der Waals surface area contributed by atoms with Gasteiger partial charge in [0.05, 0.1) is 6.04 Å². The maximum absolute atomic E-state index is 11.9. The van der Waals surface area contributed by atoms with Gasteiger partial charge < -0.3 is 15.5 Å². The van der Waals surface area contributed by atoms with Crippen LogP contribution in [0.5, 0.6) is 0 Å². The minimum absolute atomic E-state index is 0.0981. The molecule has 1 amide bonds. The Morgan fingerprint density at radius 1 is 1.32 bits per heavy atom. The van der Waals surface area contributed by atoms with Crippen molar-refractivity contribution in [1.29, 1.82) is 0 Å². The molecular formula is C15H31N3O. The third kappa shape index (κ3) is 4.77. The van der Waals surface area contributed by atoms with Crippen molar-refractivity contribution in [2.45, 2.75) is 64.0 Å². The van der Waals surface area contributed by atoms with Gasteiger partial charge in [0.1, 0.15) is 0 Å². The molecule has 0 heterocycles. The highest BCUT2D eigenvalue weighted by atomic mass is 16.2. The molecule has 0 aromatic rings. The van der Waals surface area contributed by atoms with Crippen LogP contribution in [0.4, 0.5) is 0 Å². The van der Waals surface area contributed by atoms with Gasteiger partial charge in [-0.2, -0.15) is 0 Å². The van der Waals surface area contributed by atoms with Gasteiger partial charge in [-0.25, -0.2) is 0 Å². The number of hydrogen-bond donors (Lipinski definition) is 2. The van der Waals surface area contributed by atoms with Crippen LogP contribution in [-0.4, -0.2) is 49.6 Å². The summed E-state index contributed by atoms with van der Waals surface area (Å²) in [5, 5.41) is 6.40. The first-order valence-electron chi connectivity index (χ1n) is 7.70. The number of unbranched alkanes of at least 4 members (excludes halogenated alkanes) is 2. The second-order valence-electron chi connectivity index (χ2n) is 6.07. The number of likely N-dealkylation sites (N-methyl/N-ethyl adjacent to an activating group) is 1. The predicted octanol–water partition coefficient (Wildman–Crippen LogP) is 1.76. The van der Waals surface area contributed by atoms with Crippen molar-refractivity contribution in [3.8, 4) is 0 Å². The normalized spacial score (nSPS) is 19.0. The highest BCUT2D eigenvalue weighted by Crippen LogP contribution is 2.35. The minimum atomic E-state index is -0.0981. The van der Waals surface area contributed by atoms with E-state index in [1.54, 1.807) is 0 Å². The molecule has 4 heteroatoms. The largest absolute Gasteiger partial charge is 0.355 e. The number of nitrogens with one attached hydrogen (secondary N) is 2. The lowest BCUT2D eigenvalue weighted by Gasteiger charge is -2.48. The summed E-state index contributed by atoms with van der Waals surface area (Å²) < 4.78 is 0. The Hall–Kier alpha value is -0.610. The van der Waals surface area contributed by atoms with E-state index in [-0.39, 0.29) is 17.5 Å². The van der Waals surface area contributed by atoms with Crippen molar-refractivity contribution < 1.29 is 4.79 Å². The molecule has 0 aromatic heterocycles. The van der Waals surface area contributed by atoms with E-state index in [2.05, 4.69) is 36.6 Å². The number of rotatable bonds is 9. The van der Waals surface area contributed by atoms with Crippen molar-refractivity contribution in [2.75, 3.05) is 27.2 Å². The molecule has 0 spiro atoms. The maximum Gasteiger partial charge on any atom is 0.236 e. The molecule has 1 unspecified atom stereocenters. The molecule has 1 aliphatic carbocycles. The van der Waals surface area contributed by atoms with Crippen molar-refractivity contribution in [3.63, 3.8) is 0 Å². The van der Waals surface area contributed by atoms with Gasteiger partial charge in [0, 0.05) is 18.6 Å². The molecule has 0 radical (unpaired) electrons. The second kappa shape index (κ2) is 7.85. The first kappa shape index (κ1) is 16.4. The fraction of sp³-hybridized carbons (Fsp3) is 0.933. The predicted molar refractivity (Wildman–Crippen MR) is 80.3 cm³/mol. The summed E-state index contributed by atoms with van der Waals surface area (Å²) in [5.74, 6) is 0.129. The Morgan fingerprint density at radius 2 is 2.00 bits per heavy atom. The minimum Gasteiger partial charge on any atom is -0.355 e. The number of carbonyl (C=O) groups excluding carboxylic acids is 1. The molecule has 1 atom stereocenters. The monoisotopic (exact) mass is 269 g/mol. The van der Waals surface area contributed by atoms with E-state index in [0.29, 0.717) is 0 Å². The van der Waals surface area contributed by atoms with Crippen molar-refractivity contribution in [2.24, 2.45) is 0 Å². The molecule has 112 valence electrons. The Bertz CT molecular complexity index is 275. The summed E-state index contributed by atoms with van der Waals surface area (Å²) in [6.45, 7) is 5.84. The number of nitrogens with zero attached hydrogens (tertiary/aromatic N) is 1. The van der Waals surface area contributed by atoms with Crippen molar-refractivity contribution in [3.05, 3.63) is 0 Å². The lowest BCUT2D eigenvalue weighted by Crippen LogP contribution is -2.58. The van der Waals surface area contributed by atoms with Gasteiger partial charge in [0.2, 0.25) is 5.91 Å². The SMILES string of the molecule is CCCCCNC(=O)C(C)NCC1(N(C)C)CCC1. The molecular weight excluding hydrogens is 238 g/mol. The third-order valence-electron chi connectivity index (χ3n) is 4.44. The topological polar surface area (TPSA) is 44.4 Å². The fourth-order valence-corrected chi connectivity index (χ4v) is 2.54. The summed E-state index contributed by atoms with van der Waals surface area (Å²) in [4.78, 5) is 14.2. The van der Waals surface area contributed by atoms with Crippen LogP contribution < -0.4 is 10.6 Å². The van der Waals surface area contributed by atoms with Crippen LogP contribution in [0.25, 0.3) is 0 Å². The average molecular weight is 269 g/mol. The summed E-state index contributed by atoms with van der Waals surface area (Å²) in [6.07, 6.45) is 7.23. The molecule has 0 aliphatic heterocycles. The summed E-state index contributed by atoms with van der Waals surface area (Å²) in [7, 11) is 4.27. The van der Waals surface area contributed by atoms with Crippen LogP contribution in [0, 0.1) is 0 Å². The zero-order valence-electron chi connectivity index (χ0n) is 13.1. The van der Waals surface area contributed by atoms with E-state index in [4.69, 9.17) is 0 Å². The van der Waals surface area contributed by atoms with E-state index < -0.39 is 0 Å². The molecule has 4 nitrogen and oxygen atoms in total. The van der Waals surface area contributed by atoms with E-state index in [1.807, 2.05) is 6.92 Å². The first-order valence-corrected chi connectivity index (χ1v) is 7.70. The van der Waals surface area contributed by atoms with Crippen LogP contribution in [0.15, 0.2) is 0 Å². The zero-order chi connectivity index (χ0) is 14.3. The van der Waals surface area contributed by atoms with E-state index >= 15 is 0 Å². The molecule has 1 rings (SSSR count). The lowest BCUT2D eigenvalue weighted by molar-refractivity contribution is -0.123. The van der Waals surface area contributed by atoms with Crippen LogP contribution in [0.1, 0.15) is 52.4 Å². The third-order valence-corrected chi connectivity index (χ3v) is 4.44.